The molecule has 17 heavy (non-hydrogen) atoms. The van der Waals surface area contributed by atoms with E-state index < -0.39 is 0 Å². The molecule has 0 radical (unpaired) electrons. The van der Waals surface area contributed by atoms with E-state index in [0.29, 0.717) is 12.0 Å². The molecule has 0 aliphatic carbocycles. The minimum Gasteiger partial charge on any atom is -0.493 e. The number of para-hydroxylation sites is 1. The van der Waals surface area contributed by atoms with Crippen molar-refractivity contribution in [3.05, 3.63) is 42.0 Å². The molecule has 2 rings (SSSR count). The Morgan fingerprint density at radius 3 is 3.00 bits per heavy atom. The van der Waals surface area contributed by atoms with Gasteiger partial charge in [0.1, 0.15) is 5.75 Å². The van der Waals surface area contributed by atoms with E-state index in [1.165, 1.54) is 11.1 Å². The van der Waals surface area contributed by atoms with Crippen LogP contribution in [0.1, 0.15) is 31.7 Å². The lowest BCUT2D eigenvalue weighted by Gasteiger charge is -2.33. The Kier molecular flexibility index (Phi) is 3.85. The Morgan fingerprint density at radius 1 is 1.53 bits per heavy atom. The summed E-state index contributed by atoms with van der Waals surface area (Å²) >= 11 is 0. The van der Waals surface area contributed by atoms with Crippen molar-refractivity contribution in [3.8, 4) is 5.75 Å². The molecule has 2 nitrogen and oxygen atoms in total. The predicted octanol–water partition coefficient (Wildman–Crippen LogP) is 3.11. The van der Waals surface area contributed by atoms with Crippen LogP contribution in [0.15, 0.2) is 36.4 Å². The minimum absolute atomic E-state index is 0.352. The highest BCUT2D eigenvalue weighted by atomic mass is 16.5. The molecular weight excluding hydrogens is 210 g/mol. The third-order valence-electron chi connectivity index (χ3n) is 3.36. The second kappa shape index (κ2) is 5.37. The molecule has 1 heterocycles. The number of rotatable bonds is 4. The Hall–Kier alpha value is -1.28. The molecule has 92 valence electrons. The average molecular weight is 231 g/mol. The predicted molar refractivity (Wildman–Crippen MR) is 71.6 cm³/mol. The van der Waals surface area contributed by atoms with Crippen LogP contribution < -0.4 is 10.1 Å². The van der Waals surface area contributed by atoms with Gasteiger partial charge in [0.25, 0.3) is 0 Å². The first-order valence-corrected chi connectivity index (χ1v) is 6.34. The number of fused-ring (bicyclic) bond motifs is 1. The fraction of sp³-hybridized carbons (Fsp3) is 0.467. The van der Waals surface area contributed by atoms with E-state index in [0.717, 1.165) is 25.3 Å². The van der Waals surface area contributed by atoms with Gasteiger partial charge in [-0.1, -0.05) is 37.3 Å². The zero-order chi connectivity index (χ0) is 12.3. The summed E-state index contributed by atoms with van der Waals surface area (Å²) in [5.74, 6) is 1.52. The molecule has 1 aliphatic heterocycles. The van der Waals surface area contributed by atoms with Crippen LogP contribution in [0, 0.1) is 0 Å². The molecule has 1 aromatic rings. The van der Waals surface area contributed by atoms with Crippen molar-refractivity contribution < 1.29 is 4.74 Å². The van der Waals surface area contributed by atoms with Crippen LogP contribution in [0.3, 0.4) is 0 Å². The van der Waals surface area contributed by atoms with Crippen molar-refractivity contribution in [3.63, 3.8) is 0 Å². The van der Waals surface area contributed by atoms with Gasteiger partial charge < -0.3 is 10.1 Å². The van der Waals surface area contributed by atoms with Crippen molar-refractivity contribution >= 4 is 0 Å². The highest BCUT2D eigenvalue weighted by molar-refractivity contribution is 5.40. The van der Waals surface area contributed by atoms with E-state index in [-0.39, 0.29) is 0 Å². The van der Waals surface area contributed by atoms with E-state index >= 15 is 0 Å². The fourth-order valence-corrected chi connectivity index (χ4v) is 2.60. The molecule has 1 aromatic carbocycles. The summed E-state index contributed by atoms with van der Waals surface area (Å²) in [7, 11) is 0. The molecule has 2 unspecified atom stereocenters. The second-order valence-corrected chi connectivity index (χ2v) is 4.66. The van der Waals surface area contributed by atoms with Crippen LogP contribution in [0.4, 0.5) is 0 Å². The lowest BCUT2D eigenvalue weighted by molar-refractivity contribution is 0.253. The lowest BCUT2D eigenvalue weighted by atomic mass is 9.84. The highest BCUT2D eigenvalue weighted by Crippen LogP contribution is 2.37. The fourth-order valence-electron chi connectivity index (χ4n) is 2.60. The molecule has 0 fully saturated rings. The van der Waals surface area contributed by atoms with Gasteiger partial charge >= 0.3 is 0 Å². The van der Waals surface area contributed by atoms with Crippen LogP contribution in [-0.2, 0) is 0 Å². The molecule has 0 spiro atoms. The van der Waals surface area contributed by atoms with Crippen molar-refractivity contribution in [2.24, 2.45) is 0 Å². The van der Waals surface area contributed by atoms with Crippen LogP contribution in [0.25, 0.3) is 0 Å². The van der Waals surface area contributed by atoms with Crippen LogP contribution in [-0.4, -0.2) is 19.2 Å². The number of nitrogens with one attached hydrogen (secondary N) is 1. The maximum Gasteiger partial charge on any atom is 0.122 e. The quantitative estimate of drug-likeness (QED) is 0.804. The Morgan fingerprint density at radius 2 is 2.29 bits per heavy atom. The first kappa shape index (κ1) is 12.2. The molecule has 2 atom stereocenters. The molecule has 1 N–H and O–H groups in total. The zero-order valence-electron chi connectivity index (χ0n) is 10.7. The van der Waals surface area contributed by atoms with Crippen LogP contribution >= 0.6 is 0 Å². The van der Waals surface area contributed by atoms with Gasteiger partial charge in [-0.2, -0.15) is 0 Å². The molecule has 0 saturated carbocycles. The normalized spacial score (nSPS) is 20.2. The SMILES string of the molecule is C=C(C)C(NCC)C1CCOc2ccccc21. The molecule has 0 amide bonds. The summed E-state index contributed by atoms with van der Waals surface area (Å²) in [5.41, 5.74) is 2.52. The molecule has 0 saturated heterocycles. The largest absolute Gasteiger partial charge is 0.493 e. The Balaban J connectivity index is 2.30. The third kappa shape index (κ3) is 2.52. The number of benzene rings is 1. The van der Waals surface area contributed by atoms with Crippen molar-refractivity contribution in [1.82, 2.24) is 5.32 Å². The second-order valence-electron chi connectivity index (χ2n) is 4.66. The Bertz CT molecular complexity index is 400. The van der Waals surface area contributed by atoms with Gasteiger partial charge in [0.2, 0.25) is 0 Å². The summed E-state index contributed by atoms with van der Waals surface area (Å²) in [6.07, 6.45) is 1.06. The summed E-state index contributed by atoms with van der Waals surface area (Å²) < 4.78 is 5.70. The number of hydrogen-bond acceptors (Lipinski definition) is 2. The van der Waals surface area contributed by atoms with E-state index in [9.17, 15) is 0 Å². The molecule has 1 aliphatic rings. The van der Waals surface area contributed by atoms with E-state index in [1.807, 2.05) is 6.07 Å². The molecular formula is C15H21NO. The topological polar surface area (TPSA) is 21.3 Å². The number of hydrogen-bond donors (Lipinski definition) is 1. The van der Waals surface area contributed by atoms with Gasteiger partial charge in [0.05, 0.1) is 6.61 Å². The number of likely N-dealkylation sites (N-methyl/N-ethyl adjacent to an activating group) is 1. The smallest absolute Gasteiger partial charge is 0.122 e. The maximum absolute atomic E-state index is 5.70. The first-order valence-electron chi connectivity index (χ1n) is 6.34. The van der Waals surface area contributed by atoms with Gasteiger partial charge in [-0.05, 0) is 31.5 Å². The van der Waals surface area contributed by atoms with Gasteiger partial charge in [-0.25, -0.2) is 0 Å². The molecule has 0 aromatic heterocycles. The van der Waals surface area contributed by atoms with Crippen molar-refractivity contribution in [2.45, 2.75) is 32.2 Å². The van der Waals surface area contributed by atoms with Gasteiger partial charge in [0, 0.05) is 12.0 Å². The first-order chi connectivity index (χ1) is 8.24. The van der Waals surface area contributed by atoms with Crippen molar-refractivity contribution in [2.75, 3.05) is 13.2 Å². The average Bonchev–Trinajstić information content (AvgIpc) is 2.35. The maximum atomic E-state index is 5.70. The lowest BCUT2D eigenvalue weighted by Crippen LogP contribution is -2.37. The van der Waals surface area contributed by atoms with Gasteiger partial charge in [0.15, 0.2) is 0 Å². The van der Waals surface area contributed by atoms with Crippen LogP contribution in [0.2, 0.25) is 0 Å². The summed E-state index contributed by atoms with van der Waals surface area (Å²) in [4.78, 5) is 0. The molecule has 2 heteroatoms. The summed E-state index contributed by atoms with van der Waals surface area (Å²) in [5, 5.41) is 3.54. The summed E-state index contributed by atoms with van der Waals surface area (Å²) in [6, 6.07) is 8.70. The van der Waals surface area contributed by atoms with Gasteiger partial charge in [-0.15, -0.1) is 0 Å². The standard InChI is InChI=1S/C15H21NO/c1-4-16-15(11(2)3)13-9-10-17-14-8-6-5-7-12(13)14/h5-8,13,15-16H,2,4,9-10H2,1,3H3. The van der Waals surface area contributed by atoms with Crippen molar-refractivity contribution in [1.29, 1.82) is 0 Å². The monoisotopic (exact) mass is 231 g/mol. The summed E-state index contributed by atoms with van der Waals surface area (Å²) in [6.45, 7) is 10.1. The zero-order valence-corrected chi connectivity index (χ0v) is 10.7. The minimum atomic E-state index is 0.352. The van der Waals surface area contributed by atoms with Crippen LogP contribution in [0.5, 0.6) is 5.75 Å². The molecule has 0 bridgehead atoms. The van der Waals surface area contributed by atoms with E-state index in [4.69, 9.17) is 4.74 Å². The van der Waals surface area contributed by atoms with E-state index in [2.05, 4.69) is 43.9 Å². The number of ether oxygens (including phenoxy) is 1. The Labute approximate surface area is 104 Å². The van der Waals surface area contributed by atoms with Gasteiger partial charge in [-0.3, -0.25) is 0 Å². The highest BCUT2D eigenvalue weighted by Gasteiger charge is 2.28. The van der Waals surface area contributed by atoms with E-state index in [1.54, 1.807) is 0 Å². The third-order valence-corrected chi connectivity index (χ3v) is 3.36.